The van der Waals surface area contributed by atoms with E-state index in [0.29, 0.717) is 19.8 Å². The highest BCUT2D eigenvalue weighted by molar-refractivity contribution is 5.03. The van der Waals surface area contributed by atoms with E-state index in [-0.39, 0.29) is 5.41 Å². The van der Waals surface area contributed by atoms with Crippen LogP contribution in [-0.2, 0) is 14.2 Å². The molecule has 0 aliphatic rings. The van der Waals surface area contributed by atoms with Gasteiger partial charge in [0, 0.05) is 33.2 Å². The molecular weight excluding hydrogens is 216 g/mol. The third kappa shape index (κ3) is 7.17. The van der Waals surface area contributed by atoms with Gasteiger partial charge >= 0.3 is 0 Å². The number of methoxy groups -OCH3 is 3. The maximum absolute atomic E-state index is 5.30. The van der Waals surface area contributed by atoms with Crippen molar-refractivity contribution in [3.63, 3.8) is 0 Å². The number of hydrogen-bond acceptors (Lipinski definition) is 3. The predicted molar refractivity (Wildman–Crippen MR) is 69.9 cm³/mol. The van der Waals surface area contributed by atoms with E-state index in [0.717, 1.165) is 12.8 Å². The second-order valence-electron chi connectivity index (χ2n) is 4.10. The van der Waals surface area contributed by atoms with Crippen molar-refractivity contribution in [1.29, 1.82) is 0 Å². The fourth-order valence-corrected chi connectivity index (χ4v) is 1.72. The Bertz CT molecular complexity index is 254. The van der Waals surface area contributed by atoms with Crippen LogP contribution in [0.2, 0.25) is 0 Å². The van der Waals surface area contributed by atoms with Gasteiger partial charge in [-0.25, -0.2) is 0 Å². The predicted octanol–water partition coefficient (Wildman–Crippen LogP) is 2.27. The van der Waals surface area contributed by atoms with Gasteiger partial charge in [0.05, 0.1) is 19.8 Å². The van der Waals surface area contributed by atoms with Crippen molar-refractivity contribution in [3.8, 4) is 11.8 Å². The van der Waals surface area contributed by atoms with Crippen LogP contribution in [0.15, 0.2) is 12.2 Å². The summed E-state index contributed by atoms with van der Waals surface area (Å²) in [6.07, 6.45) is 5.79. The van der Waals surface area contributed by atoms with Crippen molar-refractivity contribution in [3.05, 3.63) is 12.2 Å². The first-order chi connectivity index (χ1) is 8.24. The normalized spacial score (nSPS) is 11.5. The number of hydrogen-bond donors (Lipinski definition) is 0. The zero-order valence-electron chi connectivity index (χ0n) is 11.4. The van der Waals surface area contributed by atoms with Crippen molar-refractivity contribution < 1.29 is 14.2 Å². The fourth-order valence-electron chi connectivity index (χ4n) is 1.72. The molecule has 0 saturated heterocycles. The Morgan fingerprint density at radius 3 is 2.12 bits per heavy atom. The molecule has 0 rings (SSSR count). The lowest BCUT2D eigenvalue weighted by molar-refractivity contribution is 0.0149. The topological polar surface area (TPSA) is 27.7 Å². The number of allylic oxidation sites excluding steroid dienone is 1. The van der Waals surface area contributed by atoms with Gasteiger partial charge < -0.3 is 14.2 Å². The van der Waals surface area contributed by atoms with E-state index < -0.39 is 0 Å². The van der Waals surface area contributed by atoms with Crippen LogP contribution in [0.25, 0.3) is 0 Å². The summed E-state index contributed by atoms with van der Waals surface area (Å²) < 4.78 is 15.6. The van der Waals surface area contributed by atoms with Gasteiger partial charge in [-0.15, -0.1) is 11.8 Å². The SMILES string of the molecule is CC#CCC(C/C=C/COC)(COC)COC. The molecule has 0 aromatic rings. The van der Waals surface area contributed by atoms with Gasteiger partial charge in [0.25, 0.3) is 0 Å². The summed E-state index contributed by atoms with van der Waals surface area (Å²) in [5.74, 6) is 6.06. The Hall–Kier alpha value is -0.820. The average Bonchev–Trinajstić information content (AvgIpc) is 2.33. The third-order valence-corrected chi connectivity index (χ3v) is 2.52. The molecule has 0 fully saturated rings. The fraction of sp³-hybridized carbons (Fsp3) is 0.714. The lowest BCUT2D eigenvalue weighted by Gasteiger charge is -2.29. The van der Waals surface area contributed by atoms with E-state index >= 15 is 0 Å². The summed E-state index contributed by atoms with van der Waals surface area (Å²) in [5.41, 5.74) is -0.0588. The summed E-state index contributed by atoms with van der Waals surface area (Å²) in [4.78, 5) is 0. The molecule has 0 amide bonds. The Morgan fingerprint density at radius 2 is 1.65 bits per heavy atom. The molecule has 0 aromatic heterocycles. The summed E-state index contributed by atoms with van der Waals surface area (Å²) >= 11 is 0. The Morgan fingerprint density at radius 1 is 1.00 bits per heavy atom. The van der Waals surface area contributed by atoms with Crippen molar-refractivity contribution in [2.45, 2.75) is 19.8 Å². The molecule has 0 aliphatic carbocycles. The maximum Gasteiger partial charge on any atom is 0.0643 e. The van der Waals surface area contributed by atoms with Gasteiger partial charge in [-0.1, -0.05) is 12.2 Å². The number of ether oxygens (including phenoxy) is 3. The molecule has 0 aliphatic heterocycles. The molecule has 0 heterocycles. The van der Waals surface area contributed by atoms with Gasteiger partial charge in [-0.2, -0.15) is 0 Å². The van der Waals surface area contributed by atoms with Crippen molar-refractivity contribution in [2.24, 2.45) is 5.41 Å². The Labute approximate surface area is 105 Å². The molecule has 0 aromatic carbocycles. The minimum absolute atomic E-state index is 0.0588. The van der Waals surface area contributed by atoms with Crippen molar-refractivity contribution in [2.75, 3.05) is 41.2 Å². The largest absolute Gasteiger partial charge is 0.384 e. The summed E-state index contributed by atoms with van der Waals surface area (Å²) in [6, 6.07) is 0. The minimum atomic E-state index is -0.0588. The zero-order chi connectivity index (χ0) is 13.0. The third-order valence-electron chi connectivity index (χ3n) is 2.52. The highest BCUT2D eigenvalue weighted by atomic mass is 16.5. The molecule has 0 atom stereocenters. The molecule has 0 spiro atoms. The second kappa shape index (κ2) is 10.3. The highest BCUT2D eigenvalue weighted by Gasteiger charge is 2.28. The van der Waals surface area contributed by atoms with Gasteiger partial charge in [-0.05, 0) is 13.3 Å². The lowest BCUT2D eigenvalue weighted by Crippen LogP contribution is -2.31. The number of rotatable bonds is 9. The molecule has 0 saturated carbocycles. The summed E-state index contributed by atoms with van der Waals surface area (Å²) in [7, 11) is 5.11. The monoisotopic (exact) mass is 240 g/mol. The molecule has 98 valence electrons. The Kier molecular flexibility index (Phi) is 9.84. The Balaban J connectivity index is 4.55. The van der Waals surface area contributed by atoms with E-state index in [1.807, 2.05) is 13.0 Å². The van der Waals surface area contributed by atoms with Crippen LogP contribution in [0.4, 0.5) is 0 Å². The van der Waals surface area contributed by atoms with Crippen LogP contribution in [0.5, 0.6) is 0 Å². The van der Waals surface area contributed by atoms with Crippen molar-refractivity contribution in [1.82, 2.24) is 0 Å². The van der Waals surface area contributed by atoms with Gasteiger partial charge in [-0.3, -0.25) is 0 Å². The van der Waals surface area contributed by atoms with E-state index in [2.05, 4.69) is 17.9 Å². The van der Waals surface area contributed by atoms with Crippen LogP contribution in [-0.4, -0.2) is 41.2 Å². The quantitative estimate of drug-likeness (QED) is 0.457. The van der Waals surface area contributed by atoms with E-state index in [4.69, 9.17) is 14.2 Å². The first kappa shape index (κ1) is 16.2. The van der Waals surface area contributed by atoms with E-state index in [1.54, 1.807) is 21.3 Å². The first-order valence-corrected chi connectivity index (χ1v) is 5.76. The van der Waals surface area contributed by atoms with Crippen molar-refractivity contribution >= 4 is 0 Å². The first-order valence-electron chi connectivity index (χ1n) is 5.76. The van der Waals surface area contributed by atoms with Crippen LogP contribution in [0.3, 0.4) is 0 Å². The summed E-state index contributed by atoms with van der Waals surface area (Å²) in [6.45, 7) is 3.78. The van der Waals surface area contributed by atoms with Gasteiger partial charge in [0.15, 0.2) is 0 Å². The van der Waals surface area contributed by atoms with Crippen LogP contribution < -0.4 is 0 Å². The van der Waals surface area contributed by atoms with Crippen LogP contribution in [0.1, 0.15) is 19.8 Å². The molecule has 0 radical (unpaired) electrons. The molecule has 3 heteroatoms. The molecular formula is C14H24O3. The molecule has 0 N–H and O–H groups in total. The smallest absolute Gasteiger partial charge is 0.0643 e. The van der Waals surface area contributed by atoms with Gasteiger partial charge in [0.2, 0.25) is 0 Å². The van der Waals surface area contributed by atoms with E-state index in [1.165, 1.54) is 0 Å². The highest BCUT2D eigenvalue weighted by Crippen LogP contribution is 2.27. The molecule has 0 unspecified atom stereocenters. The maximum atomic E-state index is 5.30. The summed E-state index contributed by atoms with van der Waals surface area (Å²) in [5, 5.41) is 0. The zero-order valence-corrected chi connectivity index (χ0v) is 11.4. The molecule has 0 bridgehead atoms. The lowest BCUT2D eigenvalue weighted by atomic mass is 9.82. The molecule has 3 nitrogen and oxygen atoms in total. The average molecular weight is 240 g/mol. The van der Waals surface area contributed by atoms with Gasteiger partial charge in [0.1, 0.15) is 0 Å². The standard InChI is InChI=1S/C14H24O3/c1-5-6-9-14(12-16-3,13-17-4)10-7-8-11-15-2/h7-8H,9-13H2,1-4H3/b8-7+. The van der Waals surface area contributed by atoms with Crippen LogP contribution >= 0.6 is 0 Å². The minimum Gasteiger partial charge on any atom is -0.384 e. The molecule has 17 heavy (non-hydrogen) atoms. The second-order valence-corrected chi connectivity index (χ2v) is 4.10. The van der Waals surface area contributed by atoms with Crippen LogP contribution in [0, 0.1) is 17.3 Å². The van der Waals surface area contributed by atoms with E-state index in [9.17, 15) is 0 Å².